The standard InChI is InChI=1S/C20H17BrN2O2/c1-13-6-7-15(19(24)10-13)12-22-23-20(25)11-14-8-9-18(21)17-5-3-2-4-16(14)17/h2-10,12,24H,11H2,1H3,(H,23,25). The van der Waals surface area contributed by atoms with Crippen molar-refractivity contribution < 1.29 is 9.90 Å². The number of hydrogen-bond donors (Lipinski definition) is 2. The molecule has 4 nitrogen and oxygen atoms in total. The normalized spacial score (nSPS) is 11.1. The van der Waals surface area contributed by atoms with Gasteiger partial charge in [-0.05, 0) is 47.0 Å². The SMILES string of the molecule is Cc1ccc(C=NNC(=O)Cc2ccc(Br)c3ccccc23)c(O)c1. The molecule has 0 atom stereocenters. The van der Waals surface area contributed by atoms with Gasteiger partial charge in [0.1, 0.15) is 5.75 Å². The number of rotatable bonds is 4. The number of hydrogen-bond acceptors (Lipinski definition) is 3. The monoisotopic (exact) mass is 396 g/mol. The lowest BCUT2D eigenvalue weighted by atomic mass is 10.0. The quantitative estimate of drug-likeness (QED) is 0.509. The number of benzene rings is 3. The highest BCUT2D eigenvalue weighted by molar-refractivity contribution is 9.10. The summed E-state index contributed by atoms with van der Waals surface area (Å²) in [6, 6.07) is 17.1. The van der Waals surface area contributed by atoms with Crippen molar-refractivity contribution >= 4 is 38.8 Å². The van der Waals surface area contributed by atoms with Crippen LogP contribution in [0.25, 0.3) is 10.8 Å². The summed E-state index contributed by atoms with van der Waals surface area (Å²) >= 11 is 3.53. The van der Waals surface area contributed by atoms with Gasteiger partial charge in [-0.2, -0.15) is 5.10 Å². The molecule has 0 aliphatic heterocycles. The number of nitrogens with zero attached hydrogens (tertiary/aromatic N) is 1. The second-order valence-corrected chi connectivity index (χ2v) is 6.64. The molecular formula is C20H17BrN2O2. The molecule has 126 valence electrons. The van der Waals surface area contributed by atoms with Gasteiger partial charge in [0.25, 0.3) is 0 Å². The maximum Gasteiger partial charge on any atom is 0.244 e. The highest BCUT2D eigenvalue weighted by atomic mass is 79.9. The van der Waals surface area contributed by atoms with Crippen LogP contribution >= 0.6 is 15.9 Å². The fourth-order valence-corrected chi connectivity index (χ4v) is 3.11. The Morgan fingerprint density at radius 1 is 1.16 bits per heavy atom. The lowest BCUT2D eigenvalue weighted by Crippen LogP contribution is -2.19. The first-order valence-electron chi connectivity index (χ1n) is 7.82. The van der Waals surface area contributed by atoms with Gasteiger partial charge in [0.15, 0.2) is 0 Å². The summed E-state index contributed by atoms with van der Waals surface area (Å²) in [5.41, 5.74) is 4.96. The molecule has 0 bridgehead atoms. The van der Waals surface area contributed by atoms with Crippen LogP contribution < -0.4 is 5.43 Å². The van der Waals surface area contributed by atoms with E-state index in [-0.39, 0.29) is 18.1 Å². The molecule has 5 heteroatoms. The Bertz CT molecular complexity index is 967. The summed E-state index contributed by atoms with van der Waals surface area (Å²) in [6.07, 6.45) is 1.66. The molecule has 0 saturated carbocycles. The number of aromatic hydroxyl groups is 1. The van der Waals surface area contributed by atoms with Crippen molar-refractivity contribution in [1.82, 2.24) is 5.43 Å². The van der Waals surface area contributed by atoms with Crippen LogP contribution in [-0.4, -0.2) is 17.2 Å². The molecule has 25 heavy (non-hydrogen) atoms. The Morgan fingerprint density at radius 3 is 2.68 bits per heavy atom. The second-order valence-electron chi connectivity index (χ2n) is 5.78. The summed E-state index contributed by atoms with van der Waals surface area (Å²) in [5.74, 6) is -0.0766. The molecule has 0 aliphatic carbocycles. The number of phenols is 1. The van der Waals surface area contributed by atoms with E-state index >= 15 is 0 Å². The molecule has 3 aromatic rings. The summed E-state index contributed by atoms with van der Waals surface area (Å²) in [4.78, 5) is 12.2. The average molecular weight is 397 g/mol. The van der Waals surface area contributed by atoms with Gasteiger partial charge in [-0.15, -0.1) is 0 Å². The fraction of sp³-hybridized carbons (Fsp3) is 0.100. The molecule has 0 radical (unpaired) electrons. The van der Waals surface area contributed by atoms with Gasteiger partial charge in [0.05, 0.1) is 12.6 Å². The molecule has 0 fully saturated rings. The Kier molecular flexibility index (Phi) is 5.14. The maximum atomic E-state index is 12.2. The zero-order valence-electron chi connectivity index (χ0n) is 13.7. The minimum atomic E-state index is -0.213. The Hall–Kier alpha value is -2.66. The number of hydrazone groups is 1. The van der Waals surface area contributed by atoms with E-state index < -0.39 is 0 Å². The van der Waals surface area contributed by atoms with Crippen molar-refractivity contribution in [2.45, 2.75) is 13.3 Å². The zero-order valence-corrected chi connectivity index (χ0v) is 15.2. The molecule has 1 amide bonds. The van der Waals surface area contributed by atoms with Crippen LogP contribution in [0.1, 0.15) is 16.7 Å². The van der Waals surface area contributed by atoms with E-state index in [2.05, 4.69) is 26.5 Å². The topological polar surface area (TPSA) is 61.7 Å². The van der Waals surface area contributed by atoms with Crippen molar-refractivity contribution in [3.05, 3.63) is 75.8 Å². The van der Waals surface area contributed by atoms with Crippen molar-refractivity contribution in [1.29, 1.82) is 0 Å². The molecule has 0 aliphatic rings. The summed E-state index contributed by atoms with van der Waals surface area (Å²) < 4.78 is 1.00. The minimum absolute atomic E-state index is 0.136. The van der Waals surface area contributed by atoms with Crippen molar-refractivity contribution in [3.8, 4) is 5.75 Å². The maximum absolute atomic E-state index is 12.2. The molecule has 0 unspecified atom stereocenters. The number of aryl methyl sites for hydroxylation is 1. The first-order chi connectivity index (χ1) is 12.0. The lowest BCUT2D eigenvalue weighted by Gasteiger charge is -2.07. The van der Waals surface area contributed by atoms with E-state index in [0.717, 1.165) is 26.4 Å². The van der Waals surface area contributed by atoms with Crippen LogP contribution in [0.4, 0.5) is 0 Å². The molecular weight excluding hydrogens is 380 g/mol. The predicted molar refractivity (Wildman–Crippen MR) is 104 cm³/mol. The van der Waals surface area contributed by atoms with Crippen molar-refractivity contribution in [2.24, 2.45) is 5.10 Å². The van der Waals surface area contributed by atoms with Gasteiger partial charge < -0.3 is 5.11 Å². The van der Waals surface area contributed by atoms with Gasteiger partial charge in [0.2, 0.25) is 5.91 Å². The zero-order chi connectivity index (χ0) is 17.8. The highest BCUT2D eigenvalue weighted by Gasteiger charge is 2.08. The smallest absolute Gasteiger partial charge is 0.244 e. The number of carbonyl (C=O) groups is 1. The van der Waals surface area contributed by atoms with Crippen LogP contribution in [-0.2, 0) is 11.2 Å². The third-order valence-electron chi connectivity index (χ3n) is 3.89. The Balaban J connectivity index is 1.71. The van der Waals surface area contributed by atoms with Gasteiger partial charge in [-0.3, -0.25) is 4.79 Å². The number of carbonyl (C=O) groups excluding carboxylic acids is 1. The number of amides is 1. The average Bonchev–Trinajstić information content (AvgIpc) is 2.60. The van der Waals surface area contributed by atoms with Crippen molar-refractivity contribution in [2.75, 3.05) is 0 Å². The van der Waals surface area contributed by atoms with Gasteiger partial charge in [-0.25, -0.2) is 5.43 Å². The number of fused-ring (bicyclic) bond motifs is 1. The van der Waals surface area contributed by atoms with Crippen LogP contribution in [0.5, 0.6) is 5.75 Å². The van der Waals surface area contributed by atoms with Gasteiger partial charge in [0, 0.05) is 10.0 Å². The molecule has 2 N–H and O–H groups in total. The highest BCUT2D eigenvalue weighted by Crippen LogP contribution is 2.27. The van der Waals surface area contributed by atoms with Gasteiger partial charge >= 0.3 is 0 Å². The molecule has 0 saturated heterocycles. The van der Waals surface area contributed by atoms with E-state index in [1.54, 1.807) is 12.1 Å². The van der Waals surface area contributed by atoms with Crippen molar-refractivity contribution in [3.63, 3.8) is 0 Å². The number of phenolic OH excluding ortho intramolecular Hbond substituents is 1. The first kappa shape index (κ1) is 17.2. The first-order valence-corrected chi connectivity index (χ1v) is 8.61. The second kappa shape index (κ2) is 7.49. The number of nitrogens with one attached hydrogen (secondary N) is 1. The Labute approximate surface area is 154 Å². The summed E-state index contributed by atoms with van der Waals surface area (Å²) in [6.45, 7) is 1.89. The summed E-state index contributed by atoms with van der Waals surface area (Å²) in [5, 5.41) is 15.9. The Morgan fingerprint density at radius 2 is 1.92 bits per heavy atom. The van der Waals surface area contributed by atoms with Crippen LogP contribution in [0.3, 0.4) is 0 Å². The van der Waals surface area contributed by atoms with Gasteiger partial charge in [-0.1, -0.05) is 52.3 Å². The van der Waals surface area contributed by atoms with E-state index in [9.17, 15) is 9.90 Å². The van der Waals surface area contributed by atoms with E-state index in [4.69, 9.17) is 0 Å². The molecule has 0 heterocycles. The minimum Gasteiger partial charge on any atom is -0.507 e. The van der Waals surface area contributed by atoms with E-state index in [1.807, 2.05) is 49.4 Å². The van der Waals surface area contributed by atoms with Crippen LogP contribution in [0.15, 0.2) is 64.2 Å². The third kappa shape index (κ3) is 4.06. The lowest BCUT2D eigenvalue weighted by molar-refractivity contribution is -0.120. The molecule has 3 rings (SSSR count). The molecule has 0 spiro atoms. The van der Waals surface area contributed by atoms with Crippen LogP contribution in [0.2, 0.25) is 0 Å². The molecule has 0 aromatic heterocycles. The third-order valence-corrected chi connectivity index (χ3v) is 4.58. The van der Waals surface area contributed by atoms with E-state index in [0.29, 0.717) is 5.56 Å². The molecule has 3 aromatic carbocycles. The predicted octanol–water partition coefficient (Wildman–Crippen LogP) is 4.31. The van der Waals surface area contributed by atoms with Crippen LogP contribution in [0, 0.1) is 6.92 Å². The summed E-state index contributed by atoms with van der Waals surface area (Å²) in [7, 11) is 0. The van der Waals surface area contributed by atoms with E-state index in [1.165, 1.54) is 6.21 Å². The fourth-order valence-electron chi connectivity index (χ4n) is 2.63. The largest absolute Gasteiger partial charge is 0.507 e. The number of halogens is 1.